The van der Waals surface area contributed by atoms with Gasteiger partial charge in [-0.15, -0.1) is 0 Å². The summed E-state index contributed by atoms with van der Waals surface area (Å²) in [7, 11) is 0. The minimum atomic E-state index is -1.37. The lowest BCUT2D eigenvalue weighted by atomic mass is 10.0. The van der Waals surface area contributed by atoms with E-state index in [-0.39, 0.29) is 30.5 Å². The highest BCUT2D eigenvalue weighted by molar-refractivity contribution is 6.00. The zero-order valence-electron chi connectivity index (χ0n) is 22.0. The van der Waals surface area contributed by atoms with Gasteiger partial charge in [0.1, 0.15) is 23.4 Å². The van der Waals surface area contributed by atoms with Crippen LogP contribution in [0.3, 0.4) is 0 Å². The van der Waals surface area contributed by atoms with Crippen molar-refractivity contribution in [1.82, 2.24) is 10.2 Å². The molecule has 0 spiro atoms. The summed E-state index contributed by atoms with van der Waals surface area (Å²) < 4.78 is 0. The van der Waals surface area contributed by atoms with Crippen molar-refractivity contribution in [3.63, 3.8) is 0 Å². The molecule has 0 radical (unpaired) electrons. The lowest BCUT2D eigenvalue weighted by molar-refractivity contribution is -0.140. The summed E-state index contributed by atoms with van der Waals surface area (Å²) in [5.41, 5.74) is 17.6. The molecular formula is C27H35N7O6. The van der Waals surface area contributed by atoms with E-state index < -0.39 is 47.2 Å². The van der Waals surface area contributed by atoms with E-state index in [1.54, 1.807) is 0 Å². The molecule has 0 bridgehead atoms. The minimum Gasteiger partial charge on any atom is -0.507 e. The number of benzene rings is 2. The number of amides is 3. The molecule has 40 heavy (non-hydrogen) atoms. The number of hydrogen-bond donors (Lipinski definition) is 7. The van der Waals surface area contributed by atoms with Gasteiger partial charge >= 0.3 is 5.97 Å². The number of nitrogens with zero attached hydrogens (tertiary/aromatic N) is 2. The minimum absolute atomic E-state index is 0.109. The van der Waals surface area contributed by atoms with Crippen molar-refractivity contribution >= 4 is 35.3 Å². The monoisotopic (exact) mass is 553 g/mol. The smallest absolute Gasteiger partial charge is 0.339 e. The topological polar surface area (TPSA) is 226 Å². The maximum atomic E-state index is 13.3. The number of carbonyl (C=O) groups excluding carboxylic acids is 3. The highest BCUT2D eigenvalue weighted by Crippen LogP contribution is 2.23. The number of rotatable bonds is 12. The molecule has 10 N–H and O–H groups in total. The summed E-state index contributed by atoms with van der Waals surface area (Å²) >= 11 is 0. The molecule has 3 rings (SSSR count). The van der Waals surface area contributed by atoms with Crippen LogP contribution < -0.4 is 27.8 Å². The first-order valence-corrected chi connectivity index (χ1v) is 12.9. The van der Waals surface area contributed by atoms with E-state index in [9.17, 15) is 29.4 Å². The van der Waals surface area contributed by atoms with E-state index in [2.05, 4.69) is 15.6 Å². The molecule has 2 aromatic rings. The van der Waals surface area contributed by atoms with Crippen molar-refractivity contribution in [2.45, 2.75) is 50.2 Å². The van der Waals surface area contributed by atoms with Gasteiger partial charge in [-0.3, -0.25) is 19.4 Å². The Hall–Kier alpha value is -4.65. The van der Waals surface area contributed by atoms with Crippen molar-refractivity contribution in [1.29, 1.82) is 0 Å². The molecule has 3 atom stereocenters. The van der Waals surface area contributed by atoms with Gasteiger partial charge in [-0.05, 0) is 55.9 Å². The molecule has 2 aromatic carbocycles. The molecule has 1 heterocycles. The van der Waals surface area contributed by atoms with Crippen molar-refractivity contribution in [3.8, 4) is 5.75 Å². The molecule has 1 fully saturated rings. The molecule has 0 aromatic heterocycles. The van der Waals surface area contributed by atoms with Crippen LogP contribution in [0.25, 0.3) is 0 Å². The summed E-state index contributed by atoms with van der Waals surface area (Å²) in [6.45, 7) is 0.582. The zero-order chi connectivity index (χ0) is 29.2. The van der Waals surface area contributed by atoms with E-state index in [0.717, 1.165) is 17.7 Å². The molecule has 1 aliphatic heterocycles. The molecule has 0 aliphatic carbocycles. The Labute approximate surface area is 231 Å². The first-order valence-electron chi connectivity index (χ1n) is 12.9. The van der Waals surface area contributed by atoms with Crippen LogP contribution in [0, 0.1) is 0 Å². The van der Waals surface area contributed by atoms with E-state index in [1.165, 1.54) is 11.0 Å². The number of carboxylic acid groups (broad SMARTS) is 1. The fourth-order valence-electron chi connectivity index (χ4n) is 4.53. The first kappa shape index (κ1) is 29.9. The Balaban J connectivity index is 1.71. The van der Waals surface area contributed by atoms with Crippen LogP contribution in [0.15, 0.2) is 53.5 Å². The van der Waals surface area contributed by atoms with Gasteiger partial charge in [0.2, 0.25) is 17.7 Å². The van der Waals surface area contributed by atoms with Gasteiger partial charge in [-0.2, -0.15) is 0 Å². The number of guanidine groups is 1. The molecule has 3 amide bonds. The predicted octanol–water partition coefficient (Wildman–Crippen LogP) is 0.128. The van der Waals surface area contributed by atoms with Crippen LogP contribution in [0.4, 0.5) is 5.69 Å². The summed E-state index contributed by atoms with van der Waals surface area (Å²) in [4.78, 5) is 56.3. The Bertz CT molecular complexity index is 1250. The molecule has 13 nitrogen and oxygen atoms in total. The van der Waals surface area contributed by atoms with Crippen LogP contribution in [-0.2, 0) is 20.8 Å². The molecular weight excluding hydrogens is 518 g/mol. The van der Waals surface area contributed by atoms with Crippen molar-refractivity contribution in [2.24, 2.45) is 22.2 Å². The van der Waals surface area contributed by atoms with Crippen LogP contribution in [0.2, 0.25) is 0 Å². The maximum Gasteiger partial charge on any atom is 0.339 e. The molecule has 1 saturated heterocycles. The van der Waals surface area contributed by atoms with Gasteiger partial charge < -0.3 is 42.9 Å². The number of carbonyl (C=O) groups is 4. The van der Waals surface area contributed by atoms with Crippen molar-refractivity contribution in [2.75, 3.05) is 18.4 Å². The number of nitrogens with one attached hydrogen (secondary N) is 2. The number of aromatic hydroxyl groups is 1. The Morgan fingerprint density at radius 2 is 1.82 bits per heavy atom. The average molecular weight is 554 g/mol. The second-order valence-electron chi connectivity index (χ2n) is 9.52. The number of likely N-dealkylation sites (tertiary alicyclic amines) is 1. The number of aromatic carboxylic acids is 1. The van der Waals surface area contributed by atoms with Crippen molar-refractivity contribution < 1.29 is 29.4 Å². The summed E-state index contributed by atoms with van der Waals surface area (Å²) in [6.07, 6.45) is 1.85. The third kappa shape index (κ3) is 8.17. The molecule has 214 valence electrons. The maximum absolute atomic E-state index is 13.3. The number of hydrogen-bond acceptors (Lipinski definition) is 7. The predicted molar refractivity (Wildman–Crippen MR) is 148 cm³/mol. The molecule has 0 unspecified atom stereocenters. The fourth-order valence-corrected chi connectivity index (χ4v) is 4.53. The average Bonchev–Trinajstić information content (AvgIpc) is 3.41. The molecule has 1 aliphatic rings. The normalized spacial score (nSPS) is 16.0. The lowest BCUT2D eigenvalue weighted by Crippen LogP contribution is -2.54. The fraction of sp³-hybridized carbons (Fsp3) is 0.370. The number of phenols is 1. The Kier molecular flexibility index (Phi) is 10.4. The number of nitrogens with two attached hydrogens (primary N) is 3. The molecule has 0 saturated carbocycles. The highest BCUT2D eigenvalue weighted by Gasteiger charge is 2.37. The van der Waals surface area contributed by atoms with Crippen LogP contribution >= 0.6 is 0 Å². The van der Waals surface area contributed by atoms with Crippen LogP contribution in [0.5, 0.6) is 5.75 Å². The van der Waals surface area contributed by atoms with Gasteiger partial charge in [0, 0.05) is 18.8 Å². The summed E-state index contributed by atoms with van der Waals surface area (Å²) in [5, 5.41) is 24.3. The van der Waals surface area contributed by atoms with Gasteiger partial charge in [-0.25, -0.2) is 4.79 Å². The SMILES string of the molecule is NC(N)=NCCC[C@H](NC(=O)[C@@H]1CCCN1C(=O)[C@H](N)Cc1ccccc1)C(=O)Nc1ccc(O)c(C(=O)O)c1. The summed E-state index contributed by atoms with van der Waals surface area (Å²) in [5.74, 6) is -3.40. The van der Waals surface area contributed by atoms with E-state index >= 15 is 0 Å². The quantitative estimate of drug-likeness (QED) is 0.0819. The third-order valence-electron chi connectivity index (χ3n) is 6.53. The standard InChI is InChI=1S/C27H35N7O6/c28-19(14-16-6-2-1-3-7-16)25(38)34-13-5-9-21(34)24(37)33-20(8-4-12-31-27(29)30)23(36)32-17-10-11-22(35)18(15-17)26(39)40/h1-3,6-7,10-11,15,19-21,35H,4-5,8-9,12-14,28H2,(H,32,36)(H,33,37)(H,39,40)(H4,29,30,31)/t19-,20+,21+/m1/s1. The van der Waals surface area contributed by atoms with Crippen LogP contribution in [0.1, 0.15) is 41.6 Å². The van der Waals surface area contributed by atoms with E-state index in [4.69, 9.17) is 17.2 Å². The van der Waals surface area contributed by atoms with Gasteiger partial charge in [-0.1, -0.05) is 30.3 Å². The second kappa shape index (κ2) is 13.9. The van der Waals surface area contributed by atoms with Gasteiger partial charge in [0.05, 0.1) is 6.04 Å². The second-order valence-corrected chi connectivity index (χ2v) is 9.52. The third-order valence-corrected chi connectivity index (χ3v) is 6.53. The zero-order valence-corrected chi connectivity index (χ0v) is 22.0. The Morgan fingerprint density at radius 1 is 1.10 bits per heavy atom. The largest absolute Gasteiger partial charge is 0.507 e. The number of anilines is 1. The number of carboxylic acids is 1. The lowest BCUT2D eigenvalue weighted by Gasteiger charge is -2.28. The van der Waals surface area contributed by atoms with Gasteiger partial charge in [0.15, 0.2) is 5.96 Å². The van der Waals surface area contributed by atoms with E-state index in [0.29, 0.717) is 32.2 Å². The first-order chi connectivity index (χ1) is 19.1. The highest BCUT2D eigenvalue weighted by atomic mass is 16.4. The van der Waals surface area contributed by atoms with Gasteiger partial charge in [0.25, 0.3) is 0 Å². The van der Waals surface area contributed by atoms with Crippen LogP contribution in [-0.4, -0.2) is 76.0 Å². The number of aliphatic imine (C=N–C) groups is 1. The molecule has 13 heteroatoms. The van der Waals surface area contributed by atoms with Crippen molar-refractivity contribution in [3.05, 3.63) is 59.7 Å². The Morgan fingerprint density at radius 3 is 2.50 bits per heavy atom. The van der Waals surface area contributed by atoms with E-state index in [1.807, 2.05) is 30.3 Å². The summed E-state index contributed by atoms with van der Waals surface area (Å²) in [6, 6.07) is 10.3.